The van der Waals surface area contributed by atoms with Crippen molar-refractivity contribution in [2.75, 3.05) is 39.3 Å². The zero-order valence-corrected chi connectivity index (χ0v) is 14.2. The number of carbonyl (C=O) groups is 1. The van der Waals surface area contributed by atoms with Crippen LogP contribution in [0, 0.1) is 5.92 Å². The molecular formula is C17H33N3O. The fraction of sp³-hybridized carbons (Fsp3) is 0.941. The predicted octanol–water partition coefficient (Wildman–Crippen LogP) is 2.10. The molecular weight excluding hydrogens is 262 g/mol. The van der Waals surface area contributed by atoms with E-state index in [9.17, 15) is 4.79 Å². The van der Waals surface area contributed by atoms with Crippen LogP contribution in [0.25, 0.3) is 0 Å². The van der Waals surface area contributed by atoms with Gasteiger partial charge in [0, 0.05) is 19.6 Å². The van der Waals surface area contributed by atoms with E-state index in [1.54, 1.807) is 0 Å². The summed E-state index contributed by atoms with van der Waals surface area (Å²) >= 11 is 0. The molecule has 0 radical (unpaired) electrons. The summed E-state index contributed by atoms with van der Waals surface area (Å²) in [5, 5.41) is 3.45. The lowest BCUT2D eigenvalue weighted by Crippen LogP contribution is -2.59. The summed E-state index contributed by atoms with van der Waals surface area (Å²) in [6.07, 6.45) is 5.70. The van der Waals surface area contributed by atoms with Gasteiger partial charge in [-0.3, -0.25) is 4.79 Å². The Morgan fingerprint density at radius 1 is 1.24 bits per heavy atom. The Kier molecular flexibility index (Phi) is 6.06. The number of nitrogens with zero attached hydrogens (tertiary/aromatic N) is 2. The molecule has 2 fully saturated rings. The lowest BCUT2D eigenvalue weighted by Gasteiger charge is -2.41. The van der Waals surface area contributed by atoms with Crippen molar-refractivity contribution in [1.82, 2.24) is 15.1 Å². The van der Waals surface area contributed by atoms with Gasteiger partial charge in [0.15, 0.2) is 0 Å². The van der Waals surface area contributed by atoms with Crippen molar-refractivity contribution < 1.29 is 4.79 Å². The van der Waals surface area contributed by atoms with Crippen LogP contribution in [0.2, 0.25) is 0 Å². The van der Waals surface area contributed by atoms with Gasteiger partial charge in [0.25, 0.3) is 0 Å². The van der Waals surface area contributed by atoms with Crippen LogP contribution in [-0.4, -0.2) is 60.5 Å². The van der Waals surface area contributed by atoms with E-state index in [0.717, 1.165) is 45.1 Å². The molecule has 0 bridgehead atoms. The Morgan fingerprint density at radius 2 is 1.90 bits per heavy atom. The van der Waals surface area contributed by atoms with Crippen LogP contribution in [-0.2, 0) is 4.79 Å². The highest BCUT2D eigenvalue weighted by Crippen LogP contribution is 2.25. The first kappa shape index (κ1) is 16.8. The van der Waals surface area contributed by atoms with Crippen molar-refractivity contribution in [1.29, 1.82) is 0 Å². The van der Waals surface area contributed by atoms with Gasteiger partial charge in [-0.05, 0) is 64.6 Å². The smallest absolute Gasteiger partial charge is 0.242 e. The van der Waals surface area contributed by atoms with Gasteiger partial charge < -0.3 is 15.1 Å². The van der Waals surface area contributed by atoms with Crippen molar-refractivity contribution in [3.8, 4) is 0 Å². The largest absolute Gasteiger partial charge is 0.341 e. The summed E-state index contributed by atoms with van der Waals surface area (Å²) in [6.45, 7) is 12.9. The quantitative estimate of drug-likeness (QED) is 0.844. The van der Waals surface area contributed by atoms with E-state index in [0.29, 0.717) is 5.91 Å². The van der Waals surface area contributed by atoms with Crippen LogP contribution < -0.4 is 5.32 Å². The highest BCUT2D eigenvalue weighted by molar-refractivity contribution is 5.86. The summed E-state index contributed by atoms with van der Waals surface area (Å²) in [5.41, 5.74) is -0.302. The normalized spacial score (nSPS) is 28.1. The average molecular weight is 295 g/mol. The van der Waals surface area contributed by atoms with Crippen LogP contribution in [0.5, 0.6) is 0 Å². The molecule has 2 saturated heterocycles. The molecule has 2 aliphatic rings. The fourth-order valence-electron chi connectivity index (χ4n) is 3.75. The van der Waals surface area contributed by atoms with Crippen LogP contribution in [0.15, 0.2) is 0 Å². The van der Waals surface area contributed by atoms with Crippen molar-refractivity contribution >= 4 is 5.91 Å². The molecule has 2 rings (SSSR count). The maximum Gasteiger partial charge on any atom is 0.242 e. The summed E-state index contributed by atoms with van der Waals surface area (Å²) in [5.74, 6) is 1.10. The molecule has 0 spiro atoms. The van der Waals surface area contributed by atoms with E-state index in [1.807, 2.05) is 0 Å². The van der Waals surface area contributed by atoms with Crippen LogP contribution >= 0.6 is 0 Å². The zero-order chi connectivity index (χ0) is 15.3. The number of piperidine rings is 2. The maximum atomic E-state index is 12.8. The van der Waals surface area contributed by atoms with Gasteiger partial charge >= 0.3 is 0 Å². The number of carbonyl (C=O) groups excluding carboxylic acids is 1. The Labute approximate surface area is 130 Å². The molecule has 0 aromatic rings. The van der Waals surface area contributed by atoms with Gasteiger partial charge in [0.05, 0.1) is 5.54 Å². The first-order valence-corrected chi connectivity index (χ1v) is 8.85. The Bertz CT molecular complexity index is 327. The van der Waals surface area contributed by atoms with Gasteiger partial charge in [0.1, 0.15) is 0 Å². The highest BCUT2D eigenvalue weighted by Gasteiger charge is 2.38. The third-order valence-corrected chi connectivity index (χ3v) is 5.40. The lowest BCUT2D eigenvalue weighted by atomic mass is 9.88. The average Bonchev–Trinajstić information content (AvgIpc) is 2.53. The molecule has 4 nitrogen and oxygen atoms in total. The monoisotopic (exact) mass is 295 g/mol. The fourth-order valence-corrected chi connectivity index (χ4v) is 3.75. The topological polar surface area (TPSA) is 35.6 Å². The second-order valence-corrected chi connectivity index (χ2v) is 6.94. The van der Waals surface area contributed by atoms with Crippen LogP contribution in [0.1, 0.15) is 52.9 Å². The molecule has 0 saturated carbocycles. The molecule has 1 atom stereocenters. The van der Waals surface area contributed by atoms with Crippen LogP contribution in [0.4, 0.5) is 0 Å². The molecule has 0 aromatic carbocycles. The van der Waals surface area contributed by atoms with E-state index in [2.05, 4.69) is 35.9 Å². The standard InChI is InChI=1S/C17H33N3O/c1-4-19(5-2)14-15-8-12-20(13-9-15)16(21)17(3)10-6-7-11-18-17/h15,18H,4-14H2,1-3H3. The predicted molar refractivity (Wildman–Crippen MR) is 87.4 cm³/mol. The number of nitrogens with one attached hydrogen (secondary N) is 1. The minimum Gasteiger partial charge on any atom is -0.341 e. The summed E-state index contributed by atoms with van der Waals surface area (Å²) in [6, 6.07) is 0. The zero-order valence-electron chi connectivity index (χ0n) is 14.2. The SMILES string of the molecule is CCN(CC)CC1CCN(C(=O)C2(C)CCCCN2)CC1. The Hall–Kier alpha value is -0.610. The first-order chi connectivity index (χ1) is 10.1. The molecule has 0 aromatic heterocycles. The number of rotatable bonds is 5. The number of likely N-dealkylation sites (tertiary alicyclic amines) is 1. The minimum atomic E-state index is -0.302. The van der Waals surface area contributed by atoms with Gasteiger partial charge in [-0.25, -0.2) is 0 Å². The second kappa shape index (κ2) is 7.59. The molecule has 2 aliphatic heterocycles. The Morgan fingerprint density at radius 3 is 2.43 bits per heavy atom. The molecule has 1 amide bonds. The molecule has 1 N–H and O–H groups in total. The van der Waals surface area contributed by atoms with Gasteiger partial charge in [0.2, 0.25) is 5.91 Å². The van der Waals surface area contributed by atoms with E-state index in [-0.39, 0.29) is 5.54 Å². The van der Waals surface area contributed by atoms with E-state index in [1.165, 1.54) is 32.2 Å². The highest BCUT2D eigenvalue weighted by atomic mass is 16.2. The molecule has 21 heavy (non-hydrogen) atoms. The number of hydrogen-bond donors (Lipinski definition) is 1. The molecule has 2 heterocycles. The van der Waals surface area contributed by atoms with Gasteiger partial charge in [-0.2, -0.15) is 0 Å². The third kappa shape index (κ3) is 4.19. The Balaban J connectivity index is 1.81. The molecule has 4 heteroatoms. The molecule has 1 unspecified atom stereocenters. The third-order valence-electron chi connectivity index (χ3n) is 5.40. The maximum absolute atomic E-state index is 12.8. The first-order valence-electron chi connectivity index (χ1n) is 8.85. The van der Waals surface area contributed by atoms with Crippen LogP contribution in [0.3, 0.4) is 0 Å². The number of amides is 1. The summed E-state index contributed by atoms with van der Waals surface area (Å²) in [7, 11) is 0. The minimum absolute atomic E-state index is 0.302. The van der Waals surface area contributed by atoms with E-state index < -0.39 is 0 Å². The number of hydrogen-bond acceptors (Lipinski definition) is 3. The van der Waals surface area contributed by atoms with E-state index >= 15 is 0 Å². The molecule has 0 aliphatic carbocycles. The van der Waals surface area contributed by atoms with Crippen molar-refractivity contribution in [3.63, 3.8) is 0 Å². The summed E-state index contributed by atoms with van der Waals surface area (Å²) < 4.78 is 0. The van der Waals surface area contributed by atoms with Crippen molar-refractivity contribution in [2.24, 2.45) is 5.92 Å². The van der Waals surface area contributed by atoms with Crippen molar-refractivity contribution in [2.45, 2.75) is 58.4 Å². The van der Waals surface area contributed by atoms with E-state index in [4.69, 9.17) is 0 Å². The lowest BCUT2D eigenvalue weighted by molar-refractivity contribution is -0.140. The van der Waals surface area contributed by atoms with Gasteiger partial charge in [-0.15, -0.1) is 0 Å². The summed E-state index contributed by atoms with van der Waals surface area (Å²) in [4.78, 5) is 17.4. The molecule has 122 valence electrons. The van der Waals surface area contributed by atoms with Crippen molar-refractivity contribution in [3.05, 3.63) is 0 Å². The van der Waals surface area contributed by atoms with Gasteiger partial charge in [-0.1, -0.05) is 13.8 Å². The second-order valence-electron chi connectivity index (χ2n) is 6.94.